The molecule has 1 saturated heterocycles. The number of ether oxygens (including phenoxy) is 1. The number of morpholine rings is 1. The largest absolute Gasteiger partial charge is 0.480 e. The molecule has 6 heteroatoms. The second-order valence-corrected chi connectivity index (χ2v) is 4.41. The van der Waals surface area contributed by atoms with Crippen LogP contribution in [0, 0.1) is 0 Å². The minimum absolute atomic E-state index is 0.0191. The summed E-state index contributed by atoms with van der Waals surface area (Å²) in [5.74, 6) is -1.00. The Labute approximate surface area is 101 Å². The molecule has 1 aliphatic rings. The number of carboxylic acid groups (broad SMARTS) is 1. The smallest absolute Gasteiger partial charge is 0.326 e. The maximum Gasteiger partial charge on any atom is 0.326 e. The number of amides is 2. The fourth-order valence-corrected chi connectivity index (χ4v) is 1.92. The van der Waals surface area contributed by atoms with Crippen LogP contribution in [0.5, 0.6) is 0 Å². The third-order valence-corrected chi connectivity index (χ3v) is 2.71. The zero-order valence-electron chi connectivity index (χ0n) is 10.5. The highest BCUT2D eigenvalue weighted by molar-refractivity contribution is 5.82. The van der Waals surface area contributed by atoms with Crippen molar-refractivity contribution in [3.05, 3.63) is 0 Å². The summed E-state index contributed by atoms with van der Waals surface area (Å²) in [6.45, 7) is 6.50. The summed E-state index contributed by atoms with van der Waals surface area (Å²) in [5.41, 5.74) is 0. The van der Waals surface area contributed by atoms with Gasteiger partial charge in [-0.2, -0.15) is 0 Å². The van der Waals surface area contributed by atoms with E-state index in [1.165, 1.54) is 0 Å². The van der Waals surface area contributed by atoms with Crippen LogP contribution in [-0.4, -0.2) is 53.3 Å². The first kappa shape index (κ1) is 13.8. The van der Waals surface area contributed by atoms with Crippen LogP contribution in [0.15, 0.2) is 0 Å². The van der Waals surface area contributed by atoms with Gasteiger partial charge in [-0.15, -0.1) is 0 Å². The van der Waals surface area contributed by atoms with E-state index in [2.05, 4.69) is 5.32 Å². The molecule has 0 aliphatic carbocycles. The third kappa shape index (κ3) is 3.89. The van der Waals surface area contributed by atoms with Crippen LogP contribution < -0.4 is 5.32 Å². The highest BCUT2D eigenvalue weighted by Gasteiger charge is 2.28. The van der Waals surface area contributed by atoms with E-state index in [0.29, 0.717) is 19.5 Å². The van der Waals surface area contributed by atoms with E-state index >= 15 is 0 Å². The van der Waals surface area contributed by atoms with Gasteiger partial charge in [0.25, 0.3) is 0 Å². The molecule has 0 saturated carbocycles. The van der Waals surface area contributed by atoms with Gasteiger partial charge in [-0.1, -0.05) is 6.92 Å². The fourth-order valence-electron chi connectivity index (χ4n) is 1.92. The lowest BCUT2D eigenvalue weighted by Gasteiger charge is -2.35. The zero-order chi connectivity index (χ0) is 13.0. The Morgan fingerprint density at radius 2 is 1.94 bits per heavy atom. The highest BCUT2D eigenvalue weighted by Crippen LogP contribution is 2.10. The van der Waals surface area contributed by atoms with E-state index in [1.807, 2.05) is 13.8 Å². The third-order valence-electron chi connectivity index (χ3n) is 2.71. The number of carbonyl (C=O) groups excluding carboxylic acids is 1. The summed E-state index contributed by atoms with van der Waals surface area (Å²) in [4.78, 5) is 24.3. The lowest BCUT2D eigenvalue weighted by molar-refractivity contribution is -0.139. The van der Waals surface area contributed by atoms with Gasteiger partial charge in [0.15, 0.2) is 0 Å². The van der Waals surface area contributed by atoms with Crippen LogP contribution in [0.25, 0.3) is 0 Å². The van der Waals surface area contributed by atoms with Crippen molar-refractivity contribution < 1.29 is 19.4 Å². The first-order valence-corrected chi connectivity index (χ1v) is 5.87. The molecule has 2 amide bonds. The van der Waals surface area contributed by atoms with Crippen molar-refractivity contribution in [2.24, 2.45) is 0 Å². The number of hydrogen-bond donors (Lipinski definition) is 2. The predicted octanol–water partition coefficient (Wildman–Crippen LogP) is 0.668. The second-order valence-electron chi connectivity index (χ2n) is 4.41. The molecule has 0 spiro atoms. The van der Waals surface area contributed by atoms with Crippen molar-refractivity contribution in [1.29, 1.82) is 0 Å². The lowest BCUT2D eigenvalue weighted by atomic mass is 10.2. The molecule has 98 valence electrons. The van der Waals surface area contributed by atoms with E-state index in [1.54, 1.807) is 11.8 Å². The number of urea groups is 1. The SMILES string of the molecule is CC[C@H](NC(=O)N1C[C@@H](C)O[C@@H](C)C1)C(=O)O. The van der Waals surface area contributed by atoms with Crippen molar-refractivity contribution in [3.8, 4) is 0 Å². The lowest BCUT2D eigenvalue weighted by Crippen LogP contribution is -2.54. The van der Waals surface area contributed by atoms with Gasteiger partial charge < -0.3 is 20.1 Å². The highest BCUT2D eigenvalue weighted by atomic mass is 16.5. The van der Waals surface area contributed by atoms with Gasteiger partial charge >= 0.3 is 12.0 Å². The molecule has 0 bridgehead atoms. The molecule has 17 heavy (non-hydrogen) atoms. The van der Waals surface area contributed by atoms with Gasteiger partial charge in [0.05, 0.1) is 12.2 Å². The summed E-state index contributed by atoms with van der Waals surface area (Å²) in [6, 6.07) is -1.16. The van der Waals surface area contributed by atoms with E-state index in [9.17, 15) is 9.59 Å². The maximum atomic E-state index is 11.9. The minimum Gasteiger partial charge on any atom is -0.480 e. The fraction of sp³-hybridized carbons (Fsp3) is 0.818. The number of aliphatic carboxylic acids is 1. The average Bonchev–Trinajstić information content (AvgIpc) is 2.23. The van der Waals surface area contributed by atoms with Crippen LogP contribution in [0.4, 0.5) is 4.79 Å². The summed E-state index contributed by atoms with van der Waals surface area (Å²) in [6.07, 6.45) is 0.333. The minimum atomic E-state index is -1.00. The van der Waals surface area contributed by atoms with Crippen molar-refractivity contribution in [1.82, 2.24) is 10.2 Å². The molecular formula is C11H20N2O4. The molecule has 0 radical (unpaired) electrons. The number of nitrogens with one attached hydrogen (secondary N) is 1. The topological polar surface area (TPSA) is 78.9 Å². The normalized spacial score (nSPS) is 26.4. The van der Waals surface area contributed by atoms with E-state index in [0.717, 1.165) is 0 Å². The van der Waals surface area contributed by atoms with E-state index in [4.69, 9.17) is 9.84 Å². The van der Waals surface area contributed by atoms with Crippen LogP contribution >= 0.6 is 0 Å². The standard InChI is InChI=1S/C11H20N2O4/c1-4-9(10(14)15)12-11(16)13-5-7(2)17-8(3)6-13/h7-9H,4-6H2,1-3H3,(H,12,16)(H,14,15)/t7-,8+,9-/m0/s1. The Balaban J connectivity index is 2.54. The zero-order valence-corrected chi connectivity index (χ0v) is 10.5. The summed E-state index contributed by atoms with van der Waals surface area (Å²) < 4.78 is 5.51. The van der Waals surface area contributed by atoms with Gasteiger partial charge in [-0.3, -0.25) is 0 Å². The molecule has 0 aromatic heterocycles. The van der Waals surface area contributed by atoms with Crippen LogP contribution in [0.2, 0.25) is 0 Å². The quantitative estimate of drug-likeness (QED) is 0.764. The van der Waals surface area contributed by atoms with Gasteiger partial charge in [0.2, 0.25) is 0 Å². The molecule has 1 rings (SSSR count). The first-order chi connectivity index (χ1) is 7.93. The number of rotatable bonds is 3. The van der Waals surface area contributed by atoms with Crippen LogP contribution in [0.1, 0.15) is 27.2 Å². The number of carbonyl (C=O) groups is 2. The summed E-state index contributed by atoms with van der Waals surface area (Å²) in [7, 11) is 0. The van der Waals surface area contributed by atoms with Crippen LogP contribution in [-0.2, 0) is 9.53 Å². The molecule has 0 unspecified atom stereocenters. The molecular weight excluding hydrogens is 224 g/mol. The summed E-state index contributed by atoms with van der Waals surface area (Å²) in [5, 5.41) is 11.4. The summed E-state index contributed by atoms with van der Waals surface area (Å²) >= 11 is 0. The Bertz CT molecular complexity index is 285. The van der Waals surface area contributed by atoms with Gasteiger partial charge in [0, 0.05) is 13.1 Å². The number of hydrogen-bond acceptors (Lipinski definition) is 3. The molecule has 3 atom stereocenters. The Hall–Kier alpha value is -1.30. The Morgan fingerprint density at radius 1 is 1.41 bits per heavy atom. The van der Waals surface area contributed by atoms with E-state index < -0.39 is 12.0 Å². The van der Waals surface area contributed by atoms with Crippen molar-refractivity contribution in [2.75, 3.05) is 13.1 Å². The predicted molar refractivity (Wildman–Crippen MR) is 61.8 cm³/mol. The van der Waals surface area contributed by atoms with Crippen molar-refractivity contribution in [2.45, 2.75) is 45.4 Å². The second kappa shape index (κ2) is 5.86. The number of nitrogens with zero attached hydrogens (tertiary/aromatic N) is 1. The molecule has 0 aromatic carbocycles. The molecule has 6 nitrogen and oxygen atoms in total. The van der Waals surface area contributed by atoms with Crippen molar-refractivity contribution in [3.63, 3.8) is 0 Å². The van der Waals surface area contributed by atoms with Gasteiger partial charge in [-0.05, 0) is 20.3 Å². The molecule has 1 fully saturated rings. The van der Waals surface area contributed by atoms with Gasteiger partial charge in [0.1, 0.15) is 6.04 Å². The van der Waals surface area contributed by atoms with Crippen LogP contribution in [0.3, 0.4) is 0 Å². The molecule has 1 heterocycles. The maximum absolute atomic E-state index is 11.9. The monoisotopic (exact) mass is 244 g/mol. The molecule has 1 aliphatic heterocycles. The van der Waals surface area contributed by atoms with Crippen molar-refractivity contribution >= 4 is 12.0 Å². The molecule has 2 N–H and O–H groups in total. The molecule has 0 aromatic rings. The van der Waals surface area contributed by atoms with Gasteiger partial charge in [-0.25, -0.2) is 9.59 Å². The Morgan fingerprint density at radius 3 is 2.35 bits per heavy atom. The number of carboxylic acids is 1. The van der Waals surface area contributed by atoms with E-state index in [-0.39, 0.29) is 18.2 Å². The first-order valence-electron chi connectivity index (χ1n) is 5.87. The Kier molecular flexibility index (Phi) is 4.74. The average molecular weight is 244 g/mol.